The summed E-state index contributed by atoms with van der Waals surface area (Å²) in [6.45, 7) is 1.09. The van der Waals surface area contributed by atoms with Crippen LogP contribution in [0.15, 0.2) is 18.2 Å². The number of hydrogen-bond donors (Lipinski definition) is 1. The largest absolute Gasteiger partial charge is 0.401 e. The Hall–Kier alpha value is -1.21. The van der Waals surface area contributed by atoms with E-state index in [2.05, 4.69) is 0 Å². The number of alkyl halides is 3. The molecule has 0 spiro atoms. The molecule has 0 bridgehead atoms. The number of nitrogens with zero attached hydrogens (tertiary/aromatic N) is 1. The van der Waals surface area contributed by atoms with Crippen LogP contribution in [0.25, 0.3) is 0 Å². The summed E-state index contributed by atoms with van der Waals surface area (Å²) >= 11 is 4.81. The highest BCUT2D eigenvalue weighted by Gasteiger charge is 2.30. The van der Waals surface area contributed by atoms with Crippen molar-refractivity contribution in [1.29, 1.82) is 0 Å². The van der Waals surface area contributed by atoms with Crippen LogP contribution < -0.4 is 5.73 Å². The van der Waals surface area contributed by atoms with Crippen molar-refractivity contribution in [2.45, 2.75) is 26.1 Å². The molecule has 2 nitrogen and oxygen atoms in total. The molecule has 2 N–H and O–H groups in total. The predicted octanol–water partition coefficient (Wildman–Crippen LogP) is 3.23. The fourth-order valence-corrected chi connectivity index (χ4v) is 2.13. The second kappa shape index (κ2) is 6.99. The van der Waals surface area contributed by atoms with Crippen molar-refractivity contribution in [3.8, 4) is 0 Å². The number of halogens is 4. The van der Waals surface area contributed by atoms with E-state index >= 15 is 0 Å². The van der Waals surface area contributed by atoms with Gasteiger partial charge in [-0.1, -0.05) is 25.2 Å². The van der Waals surface area contributed by atoms with E-state index in [1.54, 1.807) is 6.92 Å². The van der Waals surface area contributed by atoms with E-state index in [4.69, 9.17) is 18.0 Å². The van der Waals surface area contributed by atoms with E-state index in [1.165, 1.54) is 17.0 Å². The van der Waals surface area contributed by atoms with Crippen LogP contribution in [0.3, 0.4) is 0 Å². The highest BCUT2D eigenvalue weighted by atomic mass is 32.1. The molecule has 0 saturated heterocycles. The Balaban J connectivity index is 2.96. The normalized spacial score (nSPS) is 11.9. The summed E-state index contributed by atoms with van der Waals surface area (Å²) in [6.07, 6.45) is -3.70. The maximum absolute atomic E-state index is 13.2. The zero-order chi connectivity index (χ0) is 15.3. The summed E-state index contributed by atoms with van der Waals surface area (Å²) in [6, 6.07) is 3.76. The molecule has 0 amide bonds. The first-order valence-corrected chi connectivity index (χ1v) is 6.51. The Morgan fingerprint density at radius 1 is 1.35 bits per heavy atom. The van der Waals surface area contributed by atoms with Crippen LogP contribution in [0.4, 0.5) is 17.6 Å². The maximum Gasteiger partial charge on any atom is 0.401 e. The molecule has 0 radical (unpaired) electrons. The molecule has 0 aliphatic carbocycles. The second-order valence-corrected chi connectivity index (χ2v) is 4.93. The van der Waals surface area contributed by atoms with Crippen LogP contribution in [0.1, 0.15) is 24.5 Å². The van der Waals surface area contributed by atoms with Crippen molar-refractivity contribution in [2.24, 2.45) is 5.73 Å². The van der Waals surface area contributed by atoms with Crippen LogP contribution >= 0.6 is 12.2 Å². The van der Waals surface area contributed by atoms with Crippen LogP contribution in [0, 0.1) is 5.82 Å². The average molecular weight is 308 g/mol. The molecule has 1 aromatic rings. The number of hydrogen-bond acceptors (Lipinski definition) is 2. The van der Waals surface area contributed by atoms with E-state index in [0.29, 0.717) is 12.0 Å². The molecule has 0 aliphatic heterocycles. The van der Waals surface area contributed by atoms with Gasteiger partial charge in [-0.3, -0.25) is 4.90 Å². The minimum Gasteiger partial charge on any atom is -0.389 e. The standard InChI is InChI=1S/C13H16F4N2S/c1-2-5-19(8-13(15,16)17)7-9-3-4-10(14)6-11(9)12(18)20/h3-4,6H,2,5,7-8H2,1H3,(H2,18,20). The van der Waals surface area contributed by atoms with E-state index in [0.717, 1.165) is 6.07 Å². The zero-order valence-corrected chi connectivity index (χ0v) is 11.8. The Labute approximate surface area is 120 Å². The van der Waals surface area contributed by atoms with Gasteiger partial charge in [0.05, 0.1) is 6.54 Å². The monoisotopic (exact) mass is 308 g/mol. The van der Waals surface area contributed by atoms with Gasteiger partial charge < -0.3 is 5.73 Å². The van der Waals surface area contributed by atoms with Crippen molar-refractivity contribution in [3.63, 3.8) is 0 Å². The van der Waals surface area contributed by atoms with Crippen molar-refractivity contribution in [1.82, 2.24) is 4.90 Å². The van der Waals surface area contributed by atoms with Gasteiger partial charge in [-0.15, -0.1) is 0 Å². The van der Waals surface area contributed by atoms with Gasteiger partial charge in [0.2, 0.25) is 0 Å². The fraction of sp³-hybridized carbons (Fsp3) is 0.462. The summed E-state index contributed by atoms with van der Waals surface area (Å²) in [5, 5.41) is 0. The van der Waals surface area contributed by atoms with Crippen molar-refractivity contribution in [3.05, 3.63) is 35.1 Å². The molecule has 0 unspecified atom stereocenters. The third kappa shape index (κ3) is 5.42. The van der Waals surface area contributed by atoms with Crippen molar-refractivity contribution in [2.75, 3.05) is 13.1 Å². The molecule has 112 valence electrons. The molecule has 7 heteroatoms. The molecule has 0 aliphatic rings. The summed E-state index contributed by atoms with van der Waals surface area (Å²) in [5.74, 6) is -0.519. The second-order valence-electron chi connectivity index (χ2n) is 4.49. The van der Waals surface area contributed by atoms with E-state index < -0.39 is 18.5 Å². The van der Waals surface area contributed by atoms with E-state index in [-0.39, 0.29) is 23.6 Å². The lowest BCUT2D eigenvalue weighted by molar-refractivity contribution is -0.147. The van der Waals surface area contributed by atoms with Gasteiger partial charge in [0, 0.05) is 12.1 Å². The molecule has 0 heterocycles. The fourth-order valence-electron chi connectivity index (χ4n) is 1.94. The summed E-state index contributed by atoms with van der Waals surface area (Å²) in [5.41, 5.74) is 6.26. The lowest BCUT2D eigenvalue weighted by atomic mass is 10.1. The molecule has 20 heavy (non-hydrogen) atoms. The Morgan fingerprint density at radius 2 is 2.00 bits per heavy atom. The number of benzene rings is 1. The van der Waals surface area contributed by atoms with Crippen LogP contribution in [0.2, 0.25) is 0 Å². The molecule has 0 aromatic heterocycles. The summed E-state index contributed by atoms with van der Waals surface area (Å²) < 4.78 is 50.7. The quantitative estimate of drug-likeness (QED) is 0.646. The maximum atomic E-state index is 13.2. The molecule has 0 saturated carbocycles. The van der Waals surface area contributed by atoms with Crippen LogP contribution in [-0.4, -0.2) is 29.2 Å². The lowest BCUT2D eigenvalue weighted by Crippen LogP contribution is -2.35. The van der Waals surface area contributed by atoms with E-state index in [9.17, 15) is 17.6 Å². The van der Waals surface area contributed by atoms with Crippen LogP contribution in [-0.2, 0) is 6.54 Å². The number of thiocarbonyl (C=S) groups is 1. The van der Waals surface area contributed by atoms with Gasteiger partial charge in [-0.05, 0) is 30.7 Å². The highest BCUT2D eigenvalue weighted by molar-refractivity contribution is 7.80. The van der Waals surface area contributed by atoms with Gasteiger partial charge in [-0.25, -0.2) is 4.39 Å². The third-order valence-electron chi connectivity index (χ3n) is 2.67. The molecular weight excluding hydrogens is 292 g/mol. The molecular formula is C13H16F4N2S. The van der Waals surface area contributed by atoms with Gasteiger partial charge in [-0.2, -0.15) is 13.2 Å². The third-order valence-corrected chi connectivity index (χ3v) is 2.89. The van der Waals surface area contributed by atoms with Crippen molar-refractivity contribution >= 4 is 17.2 Å². The predicted molar refractivity (Wildman–Crippen MR) is 73.9 cm³/mol. The minimum absolute atomic E-state index is 0.0250. The molecule has 1 aromatic carbocycles. The number of rotatable bonds is 6. The van der Waals surface area contributed by atoms with E-state index in [1.807, 2.05) is 0 Å². The minimum atomic E-state index is -4.28. The average Bonchev–Trinajstić information content (AvgIpc) is 2.29. The Kier molecular flexibility index (Phi) is 5.88. The number of nitrogens with two attached hydrogens (primary N) is 1. The molecule has 0 atom stereocenters. The first-order valence-electron chi connectivity index (χ1n) is 6.10. The Bertz CT molecular complexity index is 474. The highest BCUT2D eigenvalue weighted by Crippen LogP contribution is 2.20. The zero-order valence-electron chi connectivity index (χ0n) is 11.0. The van der Waals surface area contributed by atoms with Crippen LogP contribution in [0.5, 0.6) is 0 Å². The van der Waals surface area contributed by atoms with Crippen molar-refractivity contribution < 1.29 is 17.6 Å². The first kappa shape index (κ1) is 16.8. The lowest BCUT2D eigenvalue weighted by Gasteiger charge is -2.24. The van der Waals surface area contributed by atoms with Gasteiger partial charge in [0.15, 0.2) is 0 Å². The summed E-state index contributed by atoms with van der Waals surface area (Å²) in [7, 11) is 0. The smallest absolute Gasteiger partial charge is 0.389 e. The molecule has 0 fully saturated rings. The Morgan fingerprint density at radius 3 is 2.50 bits per heavy atom. The first-order chi connectivity index (χ1) is 9.23. The topological polar surface area (TPSA) is 29.3 Å². The SMILES string of the molecule is CCCN(Cc1ccc(F)cc1C(N)=S)CC(F)(F)F. The summed E-state index contributed by atoms with van der Waals surface area (Å²) in [4.78, 5) is 1.22. The van der Waals surface area contributed by atoms with Gasteiger partial charge in [0.1, 0.15) is 10.8 Å². The van der Waals surface area contributed by atoms with Gasteiger partial charge in [0.25, 0.3) is 0 Å². The van der Waals surface area contributed by atoms with Gasteiger partial charge >= 0.3 is 6.18 Å². The molecule has 1 rings (SSSR count).